The Hall–Kier alpha value is -2.71. The molecular formula is C9H7F2N5O2. The van der Waals surface area contributed by atoms with Crippen LogP contribution in [0.15, 0.2) is 12.1 Å². The summed E-state index contributed by atoms with van der Waals surface area (Å²) in [5.74, 6) is 1.12. The van der Waals surface area contributed by atoms with E-state index in [1.165, 1.54) is 0 Å². The molecule has 0 spiro atoms. The highest BCUT2D eigenvalue weighted by atomic mass is 19.2. The van der Waals surface area contributed by atoms with E-state index in [2.05, 4.69) is 10.2 Å². The zero-order chi connectivity index (χ0) is 13.4. The van der Waals surface area contributed by atoms with Gasteiger partial charge in [0.2, 0.25) is 5.95 Å². The SMILES string of the molecule is Nc1nnc(-c2cc(F)c(F)cc2C(=O)O)n1N. The summed E-state index contributed by atoms with van der Waals surface area (Å²) in [4.78, 5) is 11.0. The smallest absolute Gasteiger partial charge is 0.336 e. The van der Waals surface area contributed by atoms with Crippen LogP contribution in [-0.4, -0.2) is 25.9 Å². The van der Waals surface area contributed by atoms with Gasteiger partial charge in [-0.3, -0.25) is 0 Å². The molecule has 2 aromatic rings. The Morgan fingerprint density at radius 3 is 2.39 bits per heavy atom. The van der Waals surface area contributed by atoms with Crippen LogP contribution in [0.2, 0.25) is 0 Å². The van der Waals surface area contributed by atoms with Crippen molar-refractivity contribution in [3.63, 3.8) is 0 Å². The Kier molecular flexibility index (Phi) is 2.58. The van der Waals surface area contributed by atoms with Crippen molar-refractivity contribution in [1.29, 1.82) is 0 Å². The third-order valence-corrected chi connectivity index (χ3v) is 2.25. The van der Waals surface area contributed by atoms with Crippen molar-refractivity contribution in [1.82, 2.24) is 14.9 Å². The summed E-state index contributed by atoms with van der Waals surface area (Å²) in [5.41, 5.74) is 4.61. The number of nitrogen functional groups attached to an aromatic ring is 2. The molecule has 0 fully saturated rings. The zero-order valence-corrected chi connectivity index (χ0v) is 8.76. The highest BCUT2D eigenvalue weighted by Crippen LogP contribution is 2.25. The van der Waals surface area contributed by atoms with Gasteiger partial charge in [-0.2, -0.15) is 0 Å². The second-order valence-electron chi connectivity index (χ2n) is 3.37. The van der Waals surface area contributed by atoms with E-state index in [1.54, 1.807) is 0 Å². The Balaban J connectivity index is 2.74. The molecule has 94 valence electrons. The van der Waals surface area contributed by atoms with E-state index in [0.29, 0.717) is 12.1 Å². The second kappa shape index (κ2) is 3.95. The molecular weight excluding hydrogens is 248 g/mol. The van der Waals surface area contributed by atoms with E-state index in [0.717, 1.165) is 4.68 Å². The van der Waals surface area contributed by atoms with Gasteiger partial charge in [-0.1, -0.05) is 0 Å². The summed E-state index contributed by atoms with van der Waals surface area (Å²) >= 11 is 0. The van der Waals surface area contributed by atoms with Crippen LogP contribution in [-0.2, 0) is 0 Å². The Morgan fingerprint density at radius 1 is 1.28 bits per heavy atom. The van der Waals surface area contributed by atoms with Crippen LogP contribution in [0.5, 0.6) is 0 Å². The van der Waals surface area contributed by atoms with Crippen LogP contribution in [0, 0.1) is 11.6 Å². The number of anilines is 1. The van der Waals surface area contributed by atoms with Crippen LogP contribution in [0.1, 0.15) is 10.4 Å². The molecule has 9 heteroatoms. The van der Waals surface area contributed by atoms with Gasteiger partial charge < -0.3 is 16.7 Å². The third-order valence-electron chi connectivity index (χ3n) is 2.25. The van der Waals surface area contributed by atoms with Crippen LogP contribution in [0.25, 0.3) is 11.4 Å². The lowest BCUT2D eigenvalue weighted by molar-refractivity contribution is 0.0697. The quantitative estimate of drug-likeness (QED) is 0.660. The normalized spacial score (nSPS) is 10.6. The van der Waals surface area contributed by atoms with E-state index in [-0.39, 0.29) is 17.3 Å². The summed E-state index contributed by atoms with van der Waals surface area (Å²) in [5, 5.41) is 15.8. The Labute approximate surface area is 98.6 Å². The molecule has 0 saturated carbocycles. The van der Waals surface area contributed by atoms with Gasteiger partial charge in [0.1, 0.15) is 0 Å². The third kappa shape index (κ3) is 1.71. The number of carbonyl (C=O) groups is 1. The topological polar surface area (TPSA) is 120 Å². The largest absolute Gasteiger partial charge is 0.478 e. The van der Waals surface area contributed by atoms with Crippen molar-refractivity contribution in [2.24, 2.45) is 0 Å². The highest BCUT2D eigenvalue weighted by Gasteiger charge is 2.21. The molecule has 1 aromatic carbocycles. The van der Waals surface area contributed by atoms with E-state index in [1.807, 2.05) is 0 Å². The van der Waals surface area contributed by atoms with Crippen LogP contribution < -0.4 is 11.6 Å². The van der Waals surface area contributed by atoms with Gasteiger partial charge in [0, 0.05) is 5.56 Å². The minimum Gasteiger partial charge on any atom is -0.478 e. The lowest BCUT2D eigenvalue weighted by atomic mass is 10.1. The summed E-state index contributed by atoms with van der Waals surface area (Å²) in [6.45, 7) is 0. The molecule has 0 unspecified atom stereocenters. The first-order chi connectivity index (χ1) is 8.41. The predicted molar refractivity (Wildman–Crippen MR) is 56.9 cm³/mol. The standard InChI is InChI=1S/C9H7F2N5O2/c10-5-1-3(4(8(17)18)2-6(5)11)7-14-15-9(12)16(7)13/h1-2H,13H2,(H2,12,15)(H,17,18). The molecule has 0 aliphatic carbocycles. The van der Waals surface area contributed by atoms with E-state index >= 15 is 0 Å². The van der Waals surface area contributed by atoms with Crippen molar-refractivity contribution in [2.45, 2.75) is 0 Å². The maximum atomic E-state index is 13.1. The maximum Gasteiger partial charge on any atom is 0.336 e. The minimum atomic E-state index is -1.45. The molecule has 0 aliphatic rings. The lowest BCUT2D eigenvalue weighted by Gasteiger charge is -2.06. The van der Waals surface area contributed by atoms with Crippen molar-refractivity contribution >= 4 is 11.9 Å². The number of hydrogen-bond acceptors (Lipinski definition) is 5. The number of carboxylic acid groups (broad SMARTS) is 1. The summed E-state index contributed by atoms with van der Waals surface area (Å²) in [7, 11) is 0. The van der Waals surface area contributed by atoms with Crippen molar-refractivity contribution in [2.75, 3.05) is 11.6 Å². The number of aromatic nitrogens is 3. The average Bonchev–Trinajstić information content (AvgIpc) is 2.63. The molecule has 0 bridgehead atoms. The van der Waals surface area contributed by atoms with Gasteiger partial charge in [-0.15, -0.1) is 10.2 Å². The number of carboxylic acids is 1. The molecule has 0 aliphatic heterocycles. The molecule has 1 heterocycles. The van der Waals surface area contributed by atoms with Gasteiger partial charge in [-0.25, -0.2) is 18.3 Å². The van der Waals surface area contributed by atoms with E-state index < -0.39 is 23.2 Å². The first-order valence-corrected chi connectivity index (χ1v) is 4.60. The monoisotopic (exact) mass is 255 g/mol. The molecule has 0 saturated heterocycles. The van der Waals surface area contributed by atoms with Gasteiger partial charge in [-0.05, 0) is 12.1 Å². The number of aromatic carboxylic acids is 1. The van der Waals surface area contributed by atoms with Gasteiger partial charge >= 0.3 is 5.97 Å². The Morgan fingerprint density at radius 2 is 1.89 bits per heavy atom. The van der Waals surface area contributed by atoms with Crippen molar-refractivity contribution in [3.05, 3.63) is 29.3 Å². The average molecular weight is 255 g/mol. The maximum absolute atomic E-state index is 13.1. The molecule has 18 heavy (non-hydrogen) atoms. The highest BCUT2D eigenvalue weighted by molar-refractivity contribution is 5.95. The summed E-state index contributed by atoms with van der Waals surface area (Å²) in [6.07, 6.45) is 0. The second-order valence-corrected chi connectivity index (χ2v) is 3.37. The summed E-state index contributed by atoms with van der Waals surface area (Å²) in [6, 6.07) is 1.21. The number of halogens is 2. The fraction of sp³-hybridized carbons (Fsp3) is 0. The van der Waals surface area contributed by atoms with Crippen LogP contribution >= 0.6 is 0 Å². The van der Waals surface area contributed by atoms with Crippen LogP contribution in [0.4, 0.5) is 14.7 Å². The lowest BCUT2D eigenvalue weighted by Crippen LogP contribution is -2.15. The molecule has 2 rings (SSSR count). The molecule has 0 atom stereocenters. The zero-order valence-electron chi connectivity index (χ0n) is 8.76. The van der Waals surface area contributed by atoms with Gasteiger partial charge in [0.05, 0.1) is 5.56 Å². The molecule has 0 radical (unpaired) electrons. The first kappa shape index (κ1) is 11.8. The molecule has 1 aromatic heterocycles. The van der Waals surface area contributed by atoms with E-state index in [9.17, 15) is 13.6 Å². The Bertz CT molecular complexity index is 640. The fourth-order valence-corrected chi connectivity index (χ4v) is 1.40. The molecule has 7 nitrogen and oxygen atoms in total. The molecule has 0 amide bonds. The fourth-order valence-electron chi connectivity index (χ4n) is 1.40. The predicted octanol–water partition coefficient (Wildman–Crippen LogP) is 0.217. The first-order valence-electron chi connectivity index (χ1n) is 4.60. The van der Waals surface area contributed by atoms with Crippen molar-refractivity contribution < 1.29 is 18.7 Å². The molecule has 5 N–H and O–H groups in total. The number of nitrogens with two attached hydrogens (primary N) is 2. The number of benzene rings is 1. The van der Waals surface area contributed by atoms with Crippen molar-refractivity contribution in [3.8, 4) is 11.4 Å². The van der Waals surface area contributed by atoms with Crippen LogP contribution in [0.3, 0.4) is 0 Å². The van der Waals surface area contributed by atoms with Gasteiger partial charge in [0.25, 0.3) is 0 Å². The number of hydrogen-bond donors (Lipinski definition) is 3. The number of rotatable bonds is 2. The van der Waals surface area contributed by atoms with Gasteiger partial charge in [0.15, 0.2) is 17.5 Å². The minimum absolute atomic E-state index is 0.177. The number of nitrogens with zero attached hydrogens (tertiary/aromatic N) is 3. The summed E-state index contributed by atoms with van der Waals surface area (Å²) < 4.78 is 26.9. The van der Waals surface area contributed by atoms with E-state index in [4.69, 9.17) is 16.7 Å².